The topological polar surface area (TPSA) is 53.5 Å². The van der Waals surface area contributed by atoms with Crippen LogP contribution in [0.2, 0.25) is 10.0 Å². The summed E-state index contributed by atoms with van der Waals surface area (Å²) < 4.78 is 5.41. The minimum atomic E-state index is 0.340. The van der Waals surface area contributed by atoms with Crippen LogP contribution in [0.1, 0.15) is 12.0 Å². The van der Waals surface area contributed by atoms with Crippen molar-refractivity contribution in [2.45, 2.75) is 19.0 Å². The number of halogens is 2. The number of nitrogens with zero attached hydrogens (tertiary/aromatic N) is 4. The molecule has 0 spiro atoms. The fourth-order valence-electron chi connectivity index (χ4n) is 3.56. The predicted molar refractivity (Wildman–Crippen MR) is 109 cm³/mol. The Bertz CT molecular complexity index is 784. The van der Waals surface area contributed by atoms with E-state index in [0.29, 0.717) is 22.0 Å². The molecular formula is C19H23Cl2N5O. The van der Waals surface area contributed by atoms with Crippen LogP contribution in [0.4, 0.5) is 11.8 Å². The first-order valence-corrected chi connectivity index (χ1v) is 10.0. The summed E-state index contributed by atoms with van der Waals surface area (Å²) in [5, 5.41) is 4.69. The van der Waals surface area contributed by atoms with Crippen LogP contribution in [0, 0.1) is 0 Å². The number of likely N-dealkylation sites (tertiary alicyclic amines) is 1. The molecule has 0 radical (unpaired) electrons. The summed E-state index contributed by atoms with van der Waals surface area (Å²) in [6.45, 7) is 6.09. The molecule has 1 aromatic heterocycles. The second-order valence-electron chi connectivity index (χ2n) is 6.95. The van der Waals surface area contributed by atoms with E-state index >= 15 is 0 Å². The van der Waals surface area contributed by atoms with Crippen LogP contribution in [-0.2, 0) is 11.3 Å². The molecular weight excluding hydrogens is 385 g/mol. The van der Waals surface area contributed by atoms with Gasteiger partial charge in [0, 0.05) is 45.0 Å². The maximum atomic E-state index is 6.12. The maximum Gasteiger partial charge on any atom is 0.224 e. The monoisotopic (exact) mass is 407 g/mol. The van der Waals surface area contributed by atoms with Gasteiger partial charge in [0.15, 0.2) is 0 Å². The molecule has 27 heavy (non-hydrogen) atoms. The Balaban J connectivity index is 1.33. The Morgan fingerprint density at radius 3 is 2.78 bits per heavy atom. The Morgan fingerprint density at radius 2 is 1.96 bits per heavy atom. The van der Waals surface area contributed by atoms with Gasteiger partial charge in [-0.25, -0.2) is 4.98 Å². The molecule has 8 heteroatoms. The molecule has 3 heterocycles. The number of hydrogen-bond acceptors (Lipinski definition) is 6. The van der Waals surface area contributed by atoms with Crippen LogP contribution in [0.5, 0.6) is 0 Å². The van der Waals surface area contributed by atoms with Gasteiger partial charge in [0.2, 0.25) is 5.95 Å². The number of ether oxygens (including phenoxy) is 1. The van der Waals surface area contributed by atoms with Gasteiger partial charge >= 0.3 is 0 Å². The Hall–Kier alpha value is -1.60. The summed E-state index contributed by atoms with van der Waals surface area (Å²) in [6, 6.07) is 8.13. The fourth-order valence-corrected chi connectivity index (χ4v) is 3.88. The minimum absolute atomic E-state index is 0.340. The Morgan fingerprint density at radius 1 is 1.11 bits per heavy atom. The first kappa shape index (κ1) is 18.7. The van der Waals surface area contributed by atoms with Gasteiger partial charge in [0.25, 0.3) is 0 Å². The van der Waals surface area contributed by atoms with Gasteiger partial charge in [0.05, 0.1) is 23.3 Å². The average Bonchev–Trinajstić information content (AvgIpc) is 3.12. The highest BCUT2D eigenvalue weighted by atomic mass is 35.5. The molecule has 0 amide bonds. The third-order valence-electron chi connectivity index (χ3n) is 4.97. The van der Waals surface area contributed by atoms with Crippen LogP contribution < -0.4 is 10.2 Å². The minimum Gasteiger partial charge on any atom is -0.378 e. The summed E-state index contributed by atoms with van der Waals surface area (Å²) in [5.74, 6) is 1.65. The van der Waals surface area contributed by atoms with Crippen molar-refractivity contribution in [1.29, 1.82) is 0 Å². The van der Waals surface area contributed by atoms with Crippen molar-refractivity contribution in [3.05, 3.63) is 46.1 Å². The summed E-state index contributed by atoms with van der Waals surface area (Å²) in [7, 11) is 0. The quantitative estimate of drug-likeness (QED) is 0.820. The highest BCUT2D eigenvalue weighted by Gasteiger charge is 2.23. The number of rotatable bonds is 5. The normalized spacial score (nSPS) is 20.8. The lowest BCUT2D eigenvalue weighted by molar-refractivity contribution is 0.122. The van der Waals surface area contributed by atoms with E-state index < -0.39 is 0 Å². The van der Waals surface area contributed by atoms with Crippen molar-refractivity contribution >= 4 is 35.0 Å². The second kappa shape index (κ2) is 8.61. The third kappa shape index (κ3) is 4.82. The molecule has 1 N–H and O–H groups in total. The van der Waals surface area contributed by atoms with Crippen molar-refractivity contribution in [3.63, 3.8) is 0 Å². The van der Waals surface area contributed by atoms with Gasteiger partial charge in [-0.05, 0) is 30.2 Å². The molecule has 2 saturated heterocycles. The lowest BCUT2D eigenvalue weighted by atomic mass is 10.2. The lowest BCUT2D eigenvalue weighted by Gasteiger charge is -2.28. The molecule has 6 nitrogen and oxygen atoms in total. The Labute approximate surface area is 169 Å². The van der Waals surface area contributed by atoms with Crippen molar-refractivity contribution in [2.75, 3.05) is 49.6 Å². The first-order valence-electron chi connectivity index (χ1n) is 9.26. The first-order chi connectivity index (χ1) is 13.2. The van der Waals surface area contributed by atoms with Gasteiger partial charge in [-0.15, -0.1) is 0 Å². The number of nitrogens with one attached hydrogen (secondary N) is 1. The zero-order valence-electron chi connectivity index (χ0n) is 15.1. The molecule has 1 atom stereocenters. The average molecular weight is 408 g/mol. The Kier molecular flexibility index (Phi) is 5.98. The molecule has 2 fully saturated rings. The molecule has 0 saturated carbocycles. The number of benzene rings is 1. The van der Waals surface area contributed by atoms with Crippen LogP contribution in [0.3, 0.4) is 0 Å². The number of anilines is 2. The van der Waals surface area contributed by atoms with Crippen LogP contribution in [-0.4, -0.2) is 60.3 Å². The molecule has 2 aliphatic heterocycles. The predicted octanol–water partition coefficient (Wildman–Crippen LogP) is 3.31. The number of morpholine rings is 1. The van der Waals surface area contributed by atoms with E-state index in [1.807, 2.05) is 30.5 Å². The summed E-state index contributed by atoms with van der Waals surface area (Å²) in [5.41, 5.74) is 1.18. The van der Waals surface area contributed by atoms with Crippen LogP contribution >= 0.6 is 23.2 Å². The van der Waals surface area contributed by atoms with Crippen LogP contribution in [0.15, 0.2) is 30.5 Å². The number of aromatic nitrogens is 2. The zero-order chi connectivity index (χ0) is 18.6. The largest absolute Gasteiger partial charge is 0.378 e. The van der Waals surface area contributed by atoms with E-state index in [-0.39, 0.29) is 0 Å². The van der Waals surface area contributed by atoms with Crippen molar-refractivity contribution in [2.24, 2.45) is 0 Å². The summed E-state index contributed by atoms with van der Waals surface area (Å²) >= 11 is 12.1. The standard InChI is InChI=1S/C19H23Cl2N5O/c20-16-2-1-14(11-17(16)21)12-25-6-4-15(13-25)23-19-22-5-3-18(24-19)26-7-9-27-10-8-26/h1-3,5,11,15H,4,6-10,12-13H2,(H,22,23,24). The lowest BCUT2D eigenvalue weighted by Crippen LogP contribution is -2.37. The highest BCUT2D eigenvalue weighted by Crippen LogP contribution is 2.24. The zero-order valence-corrected chi connectivity index (χ0v) is 16.6. The van der Waals surface area contributed by atoms with Gasteiger partial charge in [-0.2, -0.15) is 4.98 Å². The van der Waals surface area contributed by atoms with E-state index in [1.165, 1.54) is 5.56 Å². The van der Waals surface area contributed by atoms with E-state index in [9.17, 15) is 0 Å². The molecule has 0 bridgehead atoms. The van der Waals surface area contributed by atoms with Gasteiger partial charge in [0.1, 0.15) is 5.82 Å². The van der Waals surface area contributed by atoms with E-state index in [0.717, 1.165) is 58.2 Å². The number of hydrogen-bond donors (Lipinski definition) is 1. The second-order valence-corrected chi connectivity index (χ2v) is 7.77. The summed E-state index contributed by atoms with van der Waals surface area (Å²) in [4.78, 5) is 13.7. The molecule has 4 rings (SSSR count). The molecule has 1 unspecified atom stereocenters. The van der Waals surface area contributed by atoms with Gasteiger partial charge < -0.3 is 15.0 Å². The highest BCUT2D eigenvalue weighted by molar-refractivity contribution is 6.42. The van der Waals surface area contributed by atoms with Gasteiger partial charge in [-0.3, -0.25) is 4.90 Å². The maximum absolute atomic E-state index is 6.12. The van der Waals surface area contributed by atoms with Crippen LogP contribution in [0.25, 0.3) is 0 Å². The summed E-state index contributed by atoms with van der Waals surface area (Å²) in [6.07, 6.45) is 2.88. The SMILES string of the molecule is Clc1ccc(CN2CCC(Nc3nccc(N4CCOCC4)n3)C2)cc1Cl. The fraction of sp³-hybridized carbons (Fsp3) is 0.474. The van der Waals surface area contributed by atoms with Crippen molar-refractivity contribution in [1.82, 2.24) is 14.9 Å². The molecule has 0 aliphatic carbocycles. The van der Waals surface area contributed by atoms with E-state index in [4.69, 9.17) is 27.9 Å². The van der Waals surface area contributed by atoms with E-state index in [2.05, 4.69) is 25.1 Å². The molecule has 1 aromatic carbocycles. The molecule has 144 valence electrons. The van der Waals surface area contributed by atoms with Crippen molar-refractivity contribution in [3.8, 4) is 0 Å². The van der Waals surface area contributed by atoms with Crippen molar-refractivity contribution < 1.29 is 4.74 Å². The third-order valence-corrected chi connectivity index (χ3v) is 5.71. The van der Waals surface area contributed by atoms with Gasteiger partial charge in [-0.1, -0.05) is 29.3 Å². The molecule has 2 aliphatic rings. The molecule has 2 aromatic rings. The van der Waals surface area contributed by atoms with E-state index in [1.54, 1.807) is 0 Å². The smallest absolute Gasteiger partial charge is 0.224 e.